The van der Waals surface area contributed by atoms with Crippen molar-refractivity contribution in [3.8, 4) is 11.5 Å². The second kappa shape index (κ2) is 5.19. The highest BCUT2D eigenvalue weighted by Gasteiger charge is 2.10. The van der Waals surface area contributed by atoms with E-state index in [2.05, 4.69) is 16.8 Å². The minimum absolute atomic E-state index is 0.576. The van der Waals surface area contributed by atoms with Crippen molar-refractivity contribution in [2.45, 2.75) is 19.1 Å². The van der Waals surface area contributed by atoms with Gasteiger partial charge in [0.05, 0.1) is 0 Å². The second-order valence-electron chi connectivity index (χ2n) is 3.93. The molecule has 1 aromatic carbocycles. The maximum Gasteiger partial charge on any atom is 0.277 e. The fourth-order valence-corrected chi connectivity index (χ4v) is 1.98. The lowest BCUT2D eigenvalue weighted by Gasteiger charge is -1.98. The number of aromatic nitrogens is 2. The Hall–Kier alpha value is -1.55. The molecule has 0 bridgehead atoms. The van der Waals surface area contributed by atoms with Crippen molar-refractivity contribution >= 4 is 11.8 Å². The quantitative estimate of drug-likeness (QED) is 0.609. The number of rotatable bonds is 4. The lowest BCUT2D eigenvalue weighted by atomic mass is 10.1. The number of nitrogens with zero attached hydrogens (tertiary/aromatic N) is 2. The van der Waals surface area contributed by atoms with Crippen LogP contribution in [0, 0.1) is 6.92 Å². The first-order valence-corrected chi connectivity index (χ1v) is 6.32. The van der Waals surface area contributed by atoms with Crippen molar-refractivity contribution in [2.24, 2.45) is 0 Å². The summed E-state index contributed by atoms with van der Waals surface area (Å²) in [7, 11) is 0. The van der Waals surface area contributed by atoms with Crippen LogP contribution in [0.5, 0.6) is 0 Å². The first-order chi connectivity index (χ1) is 8.16. The highest BCUT2D eigenvalue weighted by Crippen LogP contribution is 2.25. The lowest BCUT2D eigenvalue weighted by Crippen LogP contribution is -1.81. The number of thioether (sulfide) groups is 1. The first-order valence-electron chi connectivity index (χ1n) is 5.33. The molecule has 88 valence electrons. The molecule has 17 heavy (non-hydrogen) atoms. The summed E-state index contributed by atoms with van der Waals surface area (Å²) in [5, 5.41) is 8.66. The molecular weight excluding hydrogens is 232 g/mol. The van der Waals surface area contributed by atoms with Crippen LogP contribution in [-0.4, -0.2) is 16.0 Å². The molecule has 1 heterocycles. The van der Waals surface area contributed by atoms with Gasteiger partial charge in [0.1, 0.15) is 0 Å². The standard InChI is InChI=1S/C13H14N2OS/c1-9(2)8-17-13-15-14-12(16-13)11-7-5-4-6-10(11)3/h4-7H,1,8H2,2-3H3. The minimum Gasteiger partial charge on any atom is -0.411 e. The molecule has 0 aliphatic heterocycles. The summed E-state index contributed by atoms with van der Waals surface area (Å²) in [6.07, 6.45) is 0. The summed E-state index contributed by atoms with van der Waals surface area (Å²) in [4.78, 5) is 0. The van der Waals surface area contributed by atoms with Crippen molar-refractivity contribution in [1.29, 1.82) is 0 Å². The van der Waals surface area contributed by atoms with Crippen LogP contribution in [0.25, 0.3) is 11.5 Å². The van der Waals surface area contributed by atoms with E-state index in [9.17, 15) is 0 Å². The summed E-state index contributed by atoms with van der Waals surface area (Å²) in [5.74, 6) is 1.38. The fraction of sp³-hybridized carbons (Fsp3) is 0.231. The van der Waals surface area contributed by atoms with Gasteiger partial charge in [0.25, 0.3) is 5.22 Å². The van der Waals surface area contributed by atoms with E-state index in [1.807, 2.05) is 38.1 Å². The average molecular weight is 246 g/mol. The van der Waals surface area contributed by atoms with Gasteiger partial charge in [-0.15, -0.1) is 10.2 Å². The van der Waals surface area contributed by atoms with Gasteiger partial charge in [0.15, 0.2) is 0 Å². The van der Waals surface area contributed by atoms with E-state index < -0.39 is 0 Å². The molecule has 0 amide bonds. The first kappa shape index (κ1) is 11.9. The second-order valence-corrected chi connectivity index (χ2v) is 4.86. The van der Waals surface area contributed by atoms with Crippen LogP contribution in [-0.2, 0) is 0 Å². The Balaban J connectivity index is 2.18. The number of benzene rings is 1. The number of hydrogen-bond donors (Lipinski definition) is 0. The molecule has 2 rings (SSSR count). The zero-order valence-corrected chi connectivity index (χ0v) is 10.8. The van der Waals surface area contributed by atoms with Gasteiger partial charge >= 0.3 is 0 Å². The Labute approximate surface area is 105 Å². The van der Waals surface area contributed by atoms with Gasteiger partial charge < -0.3 is 4.42 Å². The van der Waals surface area contributed by atoms with Crippen LogP contribution in [0.1, 0.15) is 12.5 Å². The zero-order valence-electron chi connectivity index (χ0n) is 9.93. The monoisotopic (exact) mass is 246 g/mol. The molecule has 0 spiro atoms. The van der Waals surface area contributed by atoms with E-state index in [1.165, 1.54) is 11.8 Å². The number of hydrogen-bond acceptors (Lipinski definition) is 4. The van der Waals surface area contributed by atoms with Crippen LogP contribution in [0.15, 0.2) is 46.1 Å². The van der Waals surface area contributed by atoms with Gasteiger partial charge in [-0.2, -0.15) is 0 Å². The van der Waals surface area contributed by atoms with Crippen molar-refractivity contribution in [1.82, 2.24) is 10.2 Å². The lowest BCUT2D eigenvalue weighted by molar-refractivity contribution is 0.466. The number of aryl methyl sites for hydroxylation is 1. The largest absolute Gasteiger partial charge is 0.411 e. The smallest absolute Gasteiger partial charge is 0.277 e. The van der Waals surface area contributed by atoms with Crippen molar-refractivity contribution in [3.63, 3.8) is 0 Å². The molecule has 0 fully saturated rings. The van der Waals surface area contributed by atoms with Gasteiger partial charge in [0.2, 0.25) is 5.89 Å². The molecule has 0 aliphatic rings. The van der Waals surface area contributed by atoms with Crippen LogP contribution in [0.3, 0.4) is 0 Å². The highest BCUT2D eigenvalue weighted by atomic mass is 32.2. The van der Waals surface area contributed by atoms with Gasteiger partial charge in [-0.25, -0.2) is 0 Å². The summed E-state index contributed by atoms with van der Waals surface area (Å²) in [6, 6.07) is 7.97. The summed E-state index contributed by atoms with van der Waals surface area (Å²) in [6.45, 7) is 7.84. The molecule has 0 saturated heterocycles. The summed E-state index contributed by atoms with van der Waals surface area (Å²) < 4.78 is 5.60. The molecule has 0 aliphatic carbocycles. The highest BCUT2D eigenvalue weighted by molar-refractivity contribution is 7.99. The van der Waals surface area contributed by atoms with Crippen molar-refractivity contribution < 1.29 is 4.42 Å². The predicted molar refractivity (Wildman–Crippen MR) is 70.0 cm³/mol. The van der Waals surface area contributed by atoms with Gasteiger partial charge in [-0.1, -0.05) is 42.1 Å². The molecule has 0 N–H and O–H groups in total. The van der Waals surface area contributed by atoms with E-state index in [-0.39, 0.29) is 0 Å². The zero-order chi connectivity index (χ0) is 12.3. The maximum atomic E-state index is 5.60. The Morgan fingerprint density at radius 1 is 1.35 bits per heavy atom. The Bertz CT molecular complexity index is 534. The summed E-state index contributed by atoms with van der Waals surface area (Å²) in [5.41, 5.74) is 3.21. The molecule has 2 aromatic rings. The molecule has 1 aromatic heterocycles. The van der Waals surface area contributed by atoms with Crippen LogP contribution < -0.4 is 0 Å². The fourth-order valence-electron chi connectivity index (χ4n) is 1.37. The van der Waals surface area contributed by atoms with Crippen molar-refractivity contribution in [2.75, 3.05) is 5.75 Å². The molecule has 0 atom stereocenters. The molecule has 3 nitrogen and oxygen atoms in total. The molecule has 0 radical (unpaired) electrons. The molecule has 0 saturated carbocycles. The third-order valence-electron chi connectivity index (χ3n) is 2.22. The predicted octanol–water partition coefficient (Wildman–Crippen LogP) is 3.71. The van der Waals surface area contributed by atoms with E-state index in [0.717, 1.165) is 22.5 Å². The van der Waals surface area contributed by atoms with E-state index in [0.29, 0.717) is 11.1 Å². The Kier molecular flexibility index (Phi) is 3.64. The van der Waals surface area contributed by atoms with Gasteiger partial charge in [-0.05, 0) is 25.5 Å². The SMILES string of the molecule is C=C(C)CSc1nnc(-c2ccccc2C)o1. The van der Waals surface area contributed by atoms with E-state index in [4.69, 9.17) is 4.42 Å². The van der Waals surface area contributed by atoms with Gasteiger partial charge in [-0.3, -0.25) is 0 Å². The minimum atomic E-state index is 0.576. The Morgan fingerprint density at radius 2 is 2.12 bits per heavy atom. The molecule has 0 unspecified atom stereocenters. The maximum absolute atomic E-state index is 5.60. The van der Waals surface area contributed by atoms with E-state index in [1.54, 1.807) is 0 Å². The third kappa shape index (κ3) is 2.97. The topological polar surface area (TPSA) is 38.9 Å². The van der Waals surface area contributed by atoms with Gasteiger partial charge in [0, 0.05) is 11.3 Å². The molecular formula is C13H14N2OS. The van der Waals surface area contributed by atoms with Crippen LogP contribution in [0.4, 0.5) is 0 Å². The normalized spacial score (nSPS) is 10.5. The third-order valence-corrected chi connectivity index (χ3v) is 3.27. The average Bonchev–Trinajstić information content (AvgIpc) is 2.75. The van der Waals surface area contributed by atoms with Crippen molar-refractivity contribution in [3.05, 3.63) is 42.0 Å². The van der Waals surface area contributed by atoms with Crippen LogP contribution >= 0.6 is 11.8 Å². The summed E-state index contributed by atoms with van der Waals surface area (Å²) >= 11 is 1.51. The molecule has 4 heteroatoms. The Morgan fingerprint density at radius 3 is 2.82 bits per heavy atom. The van der Waals surface area contributed by atoms with E-state index >= 15 is 0 Å². The van der Waals surface area contributed by atoms with Crippen LogP contribution in [0.2, 0.25) is 0 Å².